The van der Waals surface area contributed by atoms with E-state index in [1.807, 2.05) is 4.90 Å². The number of aromatic amines is 1. The van der Waals surface area contributed by atoms with Crippen LogP contribution in [-0.2, 0) is 21.4 Å². The van der Waals surface area contributed by atoms with Crippen molar-refractivity contribution in [2.75, 3.05) is 13.1 Å². The topological polar surface area (TPSA) is 133 Å². The number of carbonyl (C=O) groups excluding carboxylic acids is 3. The fourth-order valence-electron chi connectivity index (χ4n) is 6.84. The first-order valence-electron chi connectivity index (χ1n) is 15.1. The number of imidazole rings is 1. The minimum absolute atomic E-state index is 0.0458. The minimum atomic E-state index is -0.819. The number of amides is 3. The van der Waals surface area contributed by atoms with Crippen molar-refractivity contribution < 1.29 is 18.9 Å². The van der Waals surface area contributed by atoms with Crippen molar-refractivity contribution in [3.8, 4) is 0 Å². The maximum Gasteiger partial charge on any atom is 0.290 e. The van der Waals surface area contributed by atoms with Crippen LogP contribution in [0.2, 0.25) is 0 Å². The zero-order valence-corrected chi connectivity index (χ0v) is 23.8. The number of likely N-dealkylation sites (tertiary alicyclic amines) is 1. The SMILES string of the molecule is O=C(N[C@@H](CC1CCCCC1)C(=O)N[C@@H](Cc1ncc[nH]1)C(=O)N1CCC2(C=Cc3ccccc32)CC1)c1ccno1. The van der Waals surface area contributed by atoms with Gasteiger partial charge in [-0.3, -0.25) is 14.4 Å². The van der Waals surface area contributed by atoms with Crippen LogP contribution in [0.4, 0.5) is 0 Å². The van der Waals surface area contributed by atoms with Gasteiger partial charge in [-0.2, -0.15) is 0 Å². The highest BCUT2D eigenvalue weighted by Crippen LogP contribution is 2.43. The molecule has 6 rings (SSSR count). The predicted molar refractivity (Wildman–Crippen MR) is 156 cm³/mol. The van der Waals surface area contributed by atoms with Gasteiger partial charge in [0.2, 0.25) is 17.6 Å². The van der Waals surface area contributed by atoms with Crippen LogP contribution in [0.15, 0.2) is 59.5 Å². The van der Waals surface area contributed by atoms with Crippen molar-refractivity contribution in [1.29, 1.82) is 0 Å². The molecule has 3 heterocycles. The predicted octanol–water partition coefficient (Wildman–Crippen LogP) is 3.78. The van der Waals surface area contributed by atoms with Gasteiger partial charge in [0.25, 0.3) is 5.91 Å². The number of piperidine rings is 1. The largest absolute Gasteiger partial charge is 0.351 e. The normalized spacial score (nSPS) is 19.3. The highest BCUT2D eigenvalue weighted by molar-refractivity contribution is 5.96. The Hall–Kier alpha value is -4.21. The van der Waals surface area contributed by atoms with E-state index >= 15 is 0 Å². The molecule has 220 valence electrons. The Morgan fingerprint density at radius 3 is 2.57 bits per heavy atom. The molecule has 2 aliphatic carbocycles. The number of nitrogens with zero attached hydrogens (tertiary/aromatic N) is 3. The van der Waals surface area contributed by atoms with Crippen molar-refractivity contribution in [2.24, 2.45) is 5.92 Å². The van der Waals surface area contributed by atoms with Gasteiger partial charge in [0.05, 0.1) is 6.20 Å². The fourth-order valence-corrected chi connectivity index (χ4v) is 6.84. The second kappa shape index (κ2) is 12.3. The summed E-state index contributed by atoms with van der Waals surface area (Å²) >= 11 is 0. The van der Waals surface area contributed by atoms with E-state index in [9.17, 15) is 14.4 Å². The monoisotopic (exact) mass is 570 g/mol. The second-order valence-electron chi connectivity index (χ2n) is 11.8. The lowest BCUT2D eigenvalue weighted by Gasteiger charge is -2.40. The zero-order chi connectivity index (χ0) is 28.9. The molecule has 10 heteroatoms. The van der Waals surface area contributed by atoms with Crippen molar-refractivity contribution in [3.05, 3.63) is 77.7 Å². The minimum Gasteiger partial charge on any atom is -0.351 e. The molecule has 3 aromatic rings. The van der Waals surface area contributed by atoms with E-state index in [2.05, 4.69) is 62.2 Å². The number of benzene rings is 1. The summed E-state index contributed by atoms with van der Waals surface area (Å²) in [5, 5.41) is 9.47. The van der Waals surface area contributed by atoms with Gasteiger partial charge in [0.15, 0.2) is 0 Å². The van der Waals surface area contributed by atoms with Gasteiger partial charge < -0.3 is 25.0 Å². The molecule has 10 nitrogen and oxygen atoms in total. The molecule has 1 saturated carbocycles. The van der Waals surface area contributed by atoms with Gasteiger partial charge in [-0.15, -0.1) is 0 Å². The van der Waals surface area contributed by atoms with Crippen molar-refractivity contribution in [1.82, 2.24) is 30.7 Å². The van der Waals surface area contributed by atoms with Crippen LogP contribution in [0.3, 0.4) is 0 Å². The molecule has 1 saturated heterocycles. The lowest BCUT2D eigenvalue weighted by atomic mass is 9.74. The molecule has 42 heavy (non-hydrogen) atoms. The van der Waals surface area contributed by atoms with Gasteiger partial charge in [0, 0.05) is 43.4 Å². The highest BCUT2D eigenvalue weighted by Gasteiger charge is 2.40. The van der Waals surface area contributed by atoms with E-state index < -0.39 is 18.0 Å². The van der Waals surface area contributed by atoms with Gasteiger partial charge in [-0.25, -0.2) is 4.98 Å². The summed E-state index contributed by atoms with van der Waals surface area (Å²) in [4.78, 5) is 49.9. The molecule has 1 spiro atoms. The number of allylic oxidation sites excluding steroid dienone is 1. The maximum absolute atomic E-state index is 14.0. The van der Waals surface area contributed by atoms with E-state index in [-0.39, 0.29) is 29.4 Å². The maximum atomic E-state index is 14.0. The molecule has 0 unspecified atom stereocenters. The number of nitrogens with one attached hydrogen (secondary N) is 3. The Morgan fingerprint density at radius 1 is 1.02 bits per heavy atom. The van der Waals surface area contributed by atoms with Gasteiger partial charge in [0.1, 0.15) is 17.9 Å². The molecule has 3 amide bonds. The summed E-state index contributed by atoms with van der Waals surface area (Å²) < 4.78 is 5.02. The average Bonchev–Trinajstić information content (AvgIpc) is 3.80. The second-order valence-corrected chi connectivity index (χ2v) is 11.8. The number of aromatic nitrogens is 3. The Morgan fingerprint density at radius 2 is 1.83 bits per heavy atom. The third-order valence-electron chi connectivity index (χ3n) is 9.19. The first kappa shape index (κ1) is 27.9. The van der Waals surface area contributed by atoms with Gasteiger partial charge in [-0.1, -0.05) is 73.7 Å². The van der Waals surface area contributed by atoms with E-state index in [0.717, 1.165) is 38.5 Å². The van der Waals surface area contributed by atoms with Crippen LogP contribution in [0, 0.1) is 5.92 Å². The third-order valence-corrected chi connectivity index (χ3v) is 9.19. The quantitative estimate of drug-likeness (QED) is 0.359. The highest BCUT2D eigenvalue weighted by atomic mass is 16.5. The summed E-state index contributed by atoms with van der Waals surface area (Å²) in [6, 6.07) is 8.30. The molecular weight excluding hydrogens is 532 g/mol. The molecule has 2 atom stereocenters. The number of hydrogen-bond donors (Lipinski definition) is 3. The van der Waals surface area contributed by atoms with Gasteiger partial charge >= 0.3 is 0 Å². The van der Waals surface area contributed by atoms with Crippen LogP contribution in [0.25, 0.3) is 6.08 Å². The van der Waals surface area contributed by atoms with Crippen LogP contribution < -0.4 is 10.6 Å². The molecule has 2 fully saturated rings. The average molecular weight is 571 g/mol. The lowest BCUT2D eigenvalue weighted by Crippen LogP contribution is -2.57. The molecule has 3 N–H and O–H groups in total. The molecule has 0 bridgehead atoms. The third kappa shape index (κ3) is 6.03. The summed E-state index contributed by atoms with van der Waals surface area (Å²) in [5.74, 6) is -0.0240. The van der Waals surface area contributed by atoms with E-state index in [1.54, 1.807) is 12.4 Å². The van der Waals surface area contributed by atoms with E-state index in [0.29, 0.717) is 31.3 Å². The lowest BCUT2D eigenvalue weighted by molar-refractivity contribution is -0.138. The first-order chi connectivity index (χ1) is 20.5. The number of carbonyl (C=O) groups is 3. The van der Waals surface area contributed by atoms with E-state index in [4.69, 9.17) is 4.52 Å². The molecule has 0 radical (unpaired) electrons. The number of hydrogen-bond acceptors (Lipinski definition) is 6. The Bertz CT molecular complexity index is 1400. The Labute approximate surface area is 245 Å². The van der Waals surface area contributed by atoms with Crippen molar-refractivity contribution in [3.63, 3.8) is 0 Å². The number of H-pyrrole nitrogens is 1. The standard InChI is InChI=1S/C32H38N6O4/c39-29(25(20-22-6-2-1-3-7-22)36-30(40)27-11-15-35-42-27)37-26(21-28-33-16-17-34-28)31(41)38-18-13-32(14-19-38)12-10-23-8-4-5-9-24(23)32/h4-5,8-12,15-17,22,25-26H,1-3,6-7,13-14,18-21H2,(H,33,34)(H,36,40)(H,37,39)/t25-,26-/m0/s1. The van der Waals surface area contributed by atoms with Crippen LogP contribution in [0.5, 0.6) is 0 Å². The van der Waals surface area contributed by atoms with Crippen molar-refractivity contribution >= 4 is 23.8 Å². The number of fused-ring (bicyclic) bond motifs is 2. The Balaban J connectivity index is 1.17. The van der Waals surface area contributed by atoms with Gasteiger partial charge in [-0.05, 0) is 36.3 Å². The van der Waals surface area contributed by atoms with Crippen LogP contribution in [0.1, 0.15) is 78.9 Å². The van der Waals surface area contributed by atoms with Crippen LogP contribution >= 0.6 is 0 Å². The fraction of sp³-hybridized carbons (Fsp3) is 0.469. The van der Waals surface area contributed by atoms with Crippen molar-refractivity contribution in [2.45, 2.75) is 75.3 Å². The smallest absolute Gasteiger partial charge is 0.290 e. The summed E-state index contributed by atoms with van der Waals surface area (Å²) in [6.07, 6.45) is 17.1. The molecule has 3 aliphatic rings. The summed E-state index contributed by atoms with van der Waals surface area (Å²) in [7, 11) is 0. The Kier molecular flexibility index (Phi) is 8.21. The molecule has 1 aliphatic heterocycles. The molecule has 2 aromatic heterocycles. The van der Waals surface area contributed by atoms with Crippen LogP contribution in [-0.4, -0.2) is 62.9 Å². The number of rotatable bonds is 9. The summed E-state index contributed by atoms with van der Waals surface area (Å²) in [5.41, 5.74) is 2.52. The van der Waals surface area contributed by atoms with E-state index in [1.165, 1.54) is 29.8 Å². The first-order valence-corrected chi connectivity index (χ1v) is 15.1. The molecular formula is C32H38N6O4. The summed E-state index contributed by atoms with van der Waals surface area (Å²) in [6.45, 7) is 1.19. The zero-order valence-electron chi connectivity index (χ0n) is 23.8. The molecule has 1 aromatic carbocycles.